The molecule has 2 N–H and O–H groups in total. The number of carbonyl (C=O) groups is 1. The van der Waals surface area contributed by atoms with Crippen LogP contribution in [0.5, 0.6) is 0 Å². The first kappa shape index (κ1) is 9.45. The summed E-state index contributed by atoms with van der Waals surface area (Å²) in [5.74, 6) is -0.381. The Bertz CT molecular complexity index is 523. The quantitative estimate of drug-likeness (QED) is 0.563. The molecule has 0 atom stereocenters. The third-order valence-corrected chi connectivity index (χ3v) is 2.21. The lowest BCUT2D eigenvalue weighted by atomic mass is 10.1. The zero-order chi connectivity index (χ0) is 10.8. The number of esters is 1. The van der Waals surface area contributed by atoms with Crippen LogP contribution < -0.4 is 5.73 Å². The Labute approximate surface area is 86.7 Å². The number of anilines is 1. The highest BCUT2D eigenvalue weighted by Gasteiger charge is 2.11. The van der Waals surface area contributed by atoms with Gasteiger partial charge in [0.1, 0.15) is 0 Å². The lowest BCUT2D eigenvalue weighted by Crippen LogP contribution is -2.03. The molecule has 0 saturated carbocycles. The number of nitrogens with zero attached hydrogens (tertiary/aromatic N) is 1. The summed E-state index contributed by atoms with van der Waals surface area (Å²) in [6.45, 7) is 0. The van der Waals surface area contributed by atoms with Crippen LogP contribution in [-0.2, 0) is 4.74 Å². The van der Waals surface area contributed by atoms with Crippen LogP contribution in [0.15, 0.2) is 30.5 Å². The Kier molecular flexibility index (Phi) is 2.25. The average molecular weight is 202 g/mol. The van der Waals surface area contributed by atoms with Gasteiger partial charge >= 0.3 is 5.97 Å². The van der Waals surface area contributed by atoms with Gasteiger partial charge in [0.2, 0.25) is 0 Å². The number of methoxy groups -OCH3 is 1. The minimum atomic E-state index is -0.381. The highest BCUT2D eigenvalue weighted by molar-refractivity contribution is 6.06. The lowest BCUT2D eigenvalue weighted by Gasteiger charge is -2.05. The summed E-state index contributed by atoms with van der Waals surface area (Å²) in [4.78, 5) is 15.6. The van der Waals surface area contributed by atoms with E-state index in [0.29, 0.717) is 22.2 Å². The molecule has 0 aliphatic rings. The van der Waals surface area contributed by atoms with Gasteiger partial charge in [-0.1, -0.05) is 6.07 Å². The van der Waals surface area contributed by atoms with Gasteiger partial charge in [-0.05, 0) is 18.2 Å². The van der Waals surface area contributed by atoms with Crippen LogP contribution in [-0.4, -0.2) is 18.1 Å². The van der Waals surface area contributed by atoms with Crippen molar-refractivity contribution in [2.75, 3.05) is 12.8 Å². The molecule has 1 aromatic heterocycles. The van der Waals surface area contributed by atoms with Gasteiger partial charge in [-0.3, -0.25) is 4.98 Å². The number of rotatable bonds is 1. The molecule has 1 heterocycles. The first-order valence-electron chi connectivity index (χ1n) is 4.45. The Morgan fingerprint density at radius 3 is 2.93 bits per heavy atom. The molecule has 4 nitrogen and oxygen atoms in total. The van der Waals surface area contributed by atoms with E-state index in [9.17, 15) is 4.79 Å². The van der Waals surface area contributed by atoms with Crippen molar-refractivity contribution in [1.82, 2.24) is 4.98 Å². The first-order chi connectivity index (χ1) is 7.24. The number of pyridine rings is 1. The molecule has 0 aliphatic heterocycles. The maximum atomic E-state index is 11.4. The molecule has 1 aromatic carbocycles. The summed E-state index contributed by atoms with van der Waals surface area (Å²) < 4.78 is 4.68. The van der Waals surface area contributed by atoms with Crippen molar-refractivity contribution in [3.8, 4) is 0 Å². The molecule has 0 saturated heterocycles. The Morgan fingerprint density at radius 1 is 1.40 bits per heavy atom. The smallest absolute Gasteiger partial charge is 0.338 e. The predicted molar refractivity (Wildman–Crippen MR) is 57.5 cm³/mol. The second kappa shape index (κ2) is 3.57. The van der Waals surface area contributed by atoms with E-state index in [1.807, 2.05) is 0 Å². The zero-order valence-electron chi connectivity index (χ0n) is 8.23. The number of nitrogens with two attached hydrogens (primary N) is 1. The number of ether oxygens (including phenoxy) is 1. The maximum absolute atomic E-state index is 11.4. The average Bonchev–Trinajstić information content (AvgIpc) is 2.29. The van der Waals surface area contributed by atoms with Gasteiger partial charge in [0.15, 0.2) is 0 Å². The van der Waals surface area contributed by atoms with Crippen LogP contribution in [0.1, 0.15) is 10.4 Å². The largest absolute Gasteiger partial charge is 0.465 e. The van der Waals surface area contributed by atoms with Crippen molar-refractivity contribution >= 4 is 22.6 Å². The third kappa shape index (κ3) is 1.50. The van der Waals surface area contributed by atoms with Gasteiger partial charge in [0.25, 0.3) is 0 Å². The van der Waals surface area contributed by atoms with Crippen molar-refractivity contribution in [3.05, 3.63) is 36.0 Å². The molecule has 76 valence electrons. The number of hydrogen-bond acceptors (Lipinski definition) is 4. The molecule has 0 aliphatic carbocycles. The molecule has 4 heteroatoms. The van der Waals surface area contributed by atoms with Gasteiger partial charge < -0.3 is 10.5 Å². The van der Waals surface area contributed by atoms with Crippen LogP contribution in [0.4, 0.5) is 5.69 Å². The molecular formula is C11H10N2O2. The summed E-state index contributed by atoms with van der Waals surface area (Å²) in [5, 5.41) is 0.712. The second-order valence-electron chi connectivity index (χ2n) is 3.09. The van der Waals surface area contributed by atoms with Gasteiger partial charge in [-0.25, -0.2) is 4.79 Å². The zero-order valence-corrected chi connectivity index (χ0v) is 8.23. The molecule has 0 amide bonds. The first-order valence-corrected chi connectivity index (χ1v) is 4.45. The van der Waals surface area contributed by atoms with Gasteiger partial charge in [-0.15, -0.1) is 0 Å². The van der Waals surface area contributed by atoms with Gasteiger partial charge in [-0.2, -0.15) is 0 Å². The van der Waals surface area contributed by atoms with E-state index in [1.54, 1.807) is 30.5 Å². The van der Waals surface area contributed by atoms with Crippen LogP contribution in [0, 0.1) is 0 Å². The molecule has 15 heavy (non-hydrogen) atoms. The minimum absolute atomic E-state index is 0.381. The van der Waals surface area contributed by atoms with Gasteiger partial charge in [0.05, 0.1) is 23.9 Å². The summed E-state index contributed by atoms with van der Waals surface area (Å²) in [5.41, 5.74) is 7.41. The molecule has 0 spiro atoms. The van der Waals surface area contributed by atoms with Crippen LogP contribution in [0.2, 0.25) is 0 Å². The lowest BCUT2D eigenvalue weighted by molar-refractivity contribution is 0.0603. The van der Waals surface area contributed by atoms with Crippen LogP contribution >= 0.6 is 0 Å². The fourth-order valence-electron chi connectivity index (χ4n) is 1.48. The Hall–Kier alpha value is -2.10. The van der Waals surface area contributed by atoms with E-state index in [4.69, 9.17) is 5.73 Å². The van der Waals surface area contributed by atoms with E-state index in [2.05, 4.69) is 9.72 Å². The minimum Gasteiger partial charge on any atom is -0.465 e. The second-order valence-corrected chi connectivity index (χ2v) is 3.09. The maximum Gasteiger partial charge on any atom is 0.338 e. The molecule has 0 fully saturated rings. The van der Waals surface area contributed by atoms with E-state index < -0.39 is 0 Å². The van der Waals surface area contributed by atoms with E-state index >= 15 is 0 Å². The highest BCUT2D eigenvalue weighted by Crippen LogP contribution is 2.22. The summed E-state index contributed by atoms with van der Waals surface area (Å²) in [6.07, 6.45) is 1.64. The number of aromatic nitrogens is 1. The normalized spacial score (nSPS) is 10.2. The van der Waals surface area contributed by atoms with Crippen molar-refractivity contribution in [2.24, 2.45) is 0 Å². The topological polar surface area (TPSA) is 65.2 Å². The molecule has 0 radical (unpaired) electrons. The van der Waals surface area contributed by atoms with E-state index in [1.165, 1.54) is 7.11 Å². The molecule has 0 unspecified atom stereocenters. The van der Waals surface area contributed by atoms with Crippen LogP contribution in [0.3, 0.4) is 0 Å². The Morgan fingerprint density at radius 2 is 2.20 bits per heavy atom. The number of hydrogen-bond donors (Lipinski definition) is 1. The molecule has 2 rings (SSSR count). The fourth-order valence-corrected chi connectivity index (χ4v) is 1.48. The molecule has 2 aromatic rings. The fraction of sp³-hybridized carbons (Fsp3) is 0.0909. The standard InChI is InChI=1S/C11H10N2O2/c1-15-11(14)8-4-5-9(12)10-7(8)3-2-6-13-10/h2-6H,12H2,1H3. The SMILES string of the molecule is COC(=O)c1ccc(N)c2ncccc12. The highest BCUT2D eigenvalue weighted by atomic mass is 16.5. The number of fused-ring (bicyclic) bond motifs is 1. The van der Waals surface area contributed by atoms with Crippen molar-refractivity contribution in [3.63, 3.8) is 0 Å². The number of carbonyl (C=O) groups excluding carboxylic acids is 1. The van der Waals surface area contributed by atoms with Crippen LogP contribution in [0.25, 0.3) is 10.9 Å². The van der Waals surface area contributed by atoms with E-state index in [-0.39, 0.29) is 5.97 Å². The Balaban J connectivity index is 2.77. The van der Waals surface area contributed by atoms with Gasteiger partial charge in [0, 0.05) is 11.6 Å². The van der Waals surface area contributed by atoms with Crippen molar-refractivity contribution in [2.45, 2.75) is 0 Å². The number of nitrogen functional groups attached to an aromatic ring is 1. The summed E-state index contributed by atoms with van der Waals surface area (Å²) >= 11 is 0. The third-order valence-electron chi connectivity index (χ3n) is 2.21. The van der Waals surface area contributed by atoms with E-state index in [0.717, 1.165) is 0 Å². The molecular weight excluding hydrogens is 192 g/mol. The summed E-state index contributed by atoms with van der Waals surface area (Å²) in [6, 6.07) is 6.85. The number of benzene rings is 1. The van der Waals surface area contributed by atoms with Crippen molar-refractivity contribution in [1.29, 1.82) is 0 Å². The summed E-state index contributed by atoms with van der Waals surface area (Å²) in [7, 11) is 1.35. The van der Waals surface area contributed by atoms with Crippen molar-refractivity contribution < 1.29 is 9.53 Å². The molecule has 0 bridgehead atoms. The monoisotopic (exact) mass is 202 g/mol. The predicted octanol–water partition coefficient (Wildman–Crippen LogP) is 1.60.